The van der Waals surface area contributed by atoms with E-state index in [-0.39, 0.29) is 11.9 Å². The number of methoxy groups -OCH3 is 1. The van der Waals surface area contributed by atoms with Crippen LogP contribution in [0, 0.1) is 11.8 Å². The van der Waals surface area contributed by atoms with Gasteiger partial charge in [-0.2, -0.15) is 0 Å². The summed E-state index contributed by atoms with van der Waals surface area (Å²) in [4.78, 5) is 26.5. The first kappa shape index (κ1) is 20.1. The number of nitrogens with one attached hydrogen (secondary N) is 2. The molecule has 26 heavy (non-hydrogen) atoms. The largest absolute Gasteiger partial charge is 0.497 e. The number of nitrogens with zero attached hydrogens (tertiary/aromatic N) is 1. The maximum absolute atomic E-state index is 12.6. The lowest BCUT2D eigenvalue weighted by Crippen LogP contribution is -2.46. The summed E-state index contributed by atoms with van der Waals surface area (Å²) in [5, 5.41) is 5.90. The number of anilines is 1. The van der Waals surface area contributed by atoms with E-state index < -0.39 is 0 Å². The summed E-state index contributed by atoms with van der Waals surface area (Å²) in [5.74, 6) is 1.54. The number of piperidine rings is 1. The van der Waals surface area contributed by atoms with Crippen LogP contribution >= 0.6 is 0 Å². The van der Waals surface area contributed by atoms with Crippen LogP contribution in [0.15, 0.2) is 24.3 Å². The summed E-state index contributed by atoms with van der Waals surface area (Å²) in [7, 11) is 1.61. The number of likely N-dealkylation sites (tertiary alicyclic amines) is 1. The van der Waals surface area contributed by atoms with E-state index in [1.54, 1.807) is 13.2 Å². The summed E-state index contributed by atoms with van der Waals surface area (Å²) in [6.07, 6.45) is 3.34. The summed E-state index contributed by atoms with van der Waals surface area (Å²) in [5.41, 5.74) is 0.725. The Kier molecular flexibility index (Phi) is 7.75. The average molecular weight is 361 g/mol. The summed E-state index contributed by atoms with van der Waals surface area (Å²) < 4.78 is 5.19. The molecule has 0 saturated carbocycles. The number of ether oxygens (including phenoxy) is 1. The Morgan fingerprint density at radius 2 is 2.08 bits per heavy atom. The molecule has 2 N–H and O–H groups in total. The molecule has 1 aliphatic rings. The third-order valence-electron chi connectivity index (χ3n) is 5.04. The zero-order chi connectivity index (χ0) is 18.9. The fraction of sp³-hybridized carbons (Fsp3) is 0.600. The molecule has 1 aliphatic heterocycles. The van der Waals surface area contributed by atoms with Gasteiger partial charge in [-0.05, 0) is 36.8 Å². The molecule has 2 unspecified atom stereocenters. The molecule has 6 nitrogen and oxygen atoms in total. The first-order valence-corrected chi connectivity index (χ1v) is 9.54. The number of hydrogen-bond acceptors (Lipinski definition) is 3. The van der Waals surface area contributed by atoms with E-state index in [1.807, 2.05) is 23.1 Å². The van der Waals surface area contributed by atoms with Gasteiger partial charge in [0.2, 0.25) is 5.91 Å². The molecular weight excluding hydrogens is 330 g/mol. The van der Waals surface area contributed by atoms with E-state index in [1.165, 1.54) is 0 Å². The molecule has 0 aromatic heterocycles. The van der Waals surface area contributed by atoms with Crippen LogP contribution in [0.1, 0.15) is 39.5 Å². The Hall–Kier alpha value is -2.24. The maximum Gasteiger partial charge on any atom is 0.321 e. The van der Waals surface area contributed by atoms with Crippen LogP contribution in [0.4, 0.5) is 10.5 Å². The molecule has 1 aromatic rings. The molecule has 0 aliphatic carbocycles. The third kappa shape index (κ3) is 5.64. The summed E-state index contributed by atoms with van der Waals surface area (Å²) >= 11 is 0. The molecule has 1 fully saturated rings. The zero-order valence-electron chi connectivity index (χ0n) is 16.1. The first-order valence-electron chi connectivity index (χ1n) is 9.54. The van der Waals surface area contributed by atoms with Gasteiger partial charge in [-0.1, -0.05) is 26.3 Å². The fourth-order valence-corrected chi connectivity index (χ4v) is 3.47. The Morgan fingerprint density at radius 1 is 1.27 bits per heavy atom. The quantitative estimate of drug-likeness (QED) is 0.781. The van der Waals surface area contributed by atoms with Gasteiger partial charge in [-0.3, -0.25) is 4.79 Å². The van der Waals surface area contributed by atoms with Crippen molar-refractivity contribution in [3.8, 4) is 5.75 Å². The van der Waals surface area contributed by atoms with Crippen molar-refractivity contribution in [2.45, 2.75) is 39.5 Å². The monoisotopic (exact) mass is 361 g/mol. The highest BCUT2D eigenvalue weighted by atomic mass is 16.5. The lowest BCUT2D eigenvalue weighted by molar-refractivity contribution is -0.122. The van der Waals surface area contributed by atoms with Gasteiger partial charge in [-0.25, -0.2) is 4.79 Å². The minimum atomic E-state index is -0.0920. The van der Waals surface area contributed by atoms with Crippen LogP contribution in [-0.2, 0) is 4.79 Å². The molecule has 3 amide bonds. The van der Waals surface area contributed by atoms with Gasteiger partial charge < -0.3 is 20.3 Å². The number of amides is 3. The van der Waals surface area contributed by atoms with Crippen molar-refractivity contribution >= 4 is 17.6 Å². The Morgan fingerprint density at radius 3 is 2.77 bits per heavy atom. The topological polar surface area (TPSA) is 70.7 Å². The molecule has 144 valence electrons. The van der Waals surface area contributed by atoms with Crippen molar-refractivity contribution in [1.82, 2.24) is 10.2 Å². The van der Waals surface area contributed by atoms with Gasteiger partial charge in [0, 0.05) is 37.8 Å². The minimum absolute atomic E-state index is 0.0920. The van der Waals surface area contributed by atoms with Crippen molar-refractivity contribution in [3.63, 3.8) is 0 Å². The molecule has 0 spiro atoms. The zero-order valence-corrected chi connectivity index (χ0v) is 16.1. The summed E-state index contributed by atoms with van der Waals surface area (Å²) in [6, 6.07) is 7.26. The van der Waals surface area contributed by atoms with Crippen LogP contribution in [0.5, 0.6) is 5.75 Å². The molecule has 0 radical (unpaired) electrons. The highest BCUT2D eigenvalue weighted by Crippen LogP contribution is 2.29. The van der Waals surface area contributed by atoms with Crippen molar-refractivity contribution in [2.24, 2.45) is 11.8 Å². The molecule has 2 atom stereocenters. The molecular formula is C20H31N3O3. The number of carbonyl (C=O) groups excluding carboxylic acids is 2. The number of benzene rings is 1. The number of carbonyl (C=O) groups is 2. The molecule has 1 aromatic carbocycles. The lowest BCUT2D eigenvalue weighted by Gasteiger charge is -2.38. The van der Waals surface area contributed by atoms with E-state index in [0.717, 1.165) is 31.5 Å². The van der Waals surface area contributed by atoms with Gasteiger partial charge in [0.05, 0.1) is 7.11 Å². The predicted octanol–water partition coefficient (Wildman–Crippen LogP) is 3.49. The van der Waals surface area contributed by atoms with Crippen LogP contribution in [0.25, 0.3) is 0 Å². The van der Waals surface area contributed by atoms with E-state index >= 15 is 0 Å². The van der Waals surface area contributed by atoms with Gasteiger partial charge in [0.25, 0.3) is 0 Å². The molecule has 2 rings (SSSR count). The average Bonchev–Trinajstić information content (AvgIpc) is 2.66. The second-order valence-corrected chi connectivity index (χ2v) is 6.88. The molecule has 1 heterocycles. The standard InChI is InChI=1S/C20H31N3O3/c1-4-10-21-19(24)12-16-9-11-23(14-15(16)5-2)20(25)22-17-7-6-8-18(13-17)26-3/h6-8,13,15-16H,4-5,9-12,14H2,1-3H3,(H,21,24)(H,22,25). The number of hydrogen-bond donors (Lipinski definition) is 2. The minimum Gasteiger partial charge on any atom is -0.497 e. The smallest absolute Gasteiger partial charge is 0.321 e. The number of urea groups is 1. The molecule has 6 heteroatoms. The number of rotatable bonds is 7. The second kappa shape index (κ2) is 10.0. The normalized spacial score (nSPS) is 19.7. The van der Waals surface area contributed by atoms with Crippen molar-refractivity contribution < 1.29 is 14.3 Å². The summed E-state index contributed by atoms with van der Waals surface area (Å²) in [6.45, 7) is 6.28. The highest BCUT2D eigenvalue weighted by Gasteiger charge is 2.31. The Labute approximate surface area is 156 Å². The predicted molar refractivity (Wildman–Crippen MR) is 103 cm³/mol. The van der Waals surface area contributed by atoms with Gasteiger partial charge in [0.1, 0.15) is 5.75 Å². The van der Waals surface area contributed by atoms with Crippen LogP contribution in [-0.4, -0.2) is 43.6 Å². The molecule has 0 bridgehead atoms. The van der Waals surface area contributed by atoms with Crippen molar-refractivity contribution in [1.29, 1.82) is 0 Å². The van der Waals surface area contributed by atoms with E-state index in [9.17, 15) is 9.59 Å². The van der Waals surface area contributed by atoms with Crippen LogP contribution < -0.4 is 15.4 Å². The van der Waals surface area contributed by atoms with Gasteiger partial charge in [-0.15, -0.1) is 0 Å². The van der Waals surface area contributed by atoms with E-state index in [4.69, 9.17) is 4.74 Å². The van der Waals surface area contributed by atoms with Crippen LogP contribution in [0.2, 0.25) is 0 Å². The Bertz CT molecular complexity index is 606. The fourth-order valence-electron chi connectivity index (χ4n) is 3.47. The Balaban J connectivity index is 1.90. The van der Waals surface area contributed by atoms with E-state index in [0.29, 0.717) is 37.1 Å². The maximum atomic E-state index is 12.6. The van der Waals surface area contributed by atoms with Crippen LogP contribution in [0.3, 0.4) is 0 Å². The molecule has 1 saturated heterocycles. The lowest BCUT2D eigenvalue weighted by atomic mass is 9.81. The van der Waals surface area contributed by atoms with Gasteiger partial charge in [0.15, 0.2) is 0 Å². The van der Waals surface area contributed by atoms with E-state index in [2.05, 4.69) is 24.5 Å². The SMILES string of the molecule is CCCNC(=O)CC1CCN(C(=O)Nc2cccc(OC)c2)CC1CC. The van der Waals surface area contributed by atoms with Crippen molar-refractivity contribution in [3.05, 3.63) is 24.3 Å². The third-order valence-corrected chi connectivity index (χ3v) is 5.04. The highest BCUT2D eigenvalue weighted by molar-refractivity contribution is 5.89. The van der Waals surface area contributed by atoms with Crippen molar-refractivity contribution in [2.75, 3.05) is 32.1 Å². The second-order valence-electron chi connectivity index (χ2n) is 6.88. The van der Waals surface area contributed by atoms with Gasteiger partial charge >= 0.3 is 6.03 Å². The first-order chi connectivity index (χ1) is 12.6.